The molecule has 0 aliphatic heterocycles. The van der Waals surface area contributed by atoms with Crippen molar-refractivity contribution in [2.75, 3.05) is 19.8 Å². The summed E-state index contributed by atoms with van der Waals surface area (Å²) in [5.74, 6) is -1.89. The third kappa shape index (κ3) is 11.5. The van der Waals surface area contributed by atoms with Crippen molar-refractivity contribution in [3.63, 3.8) is 0 Å². The van der Waals surface area contributed by atoms with Gasteiger partial charge in [-0.05, 0) is 41.5 Å². The summed E-state index contributed by atoms with van der Waals surface area (Å²) in [5.41, 5.74) is -1.19. The van der Waals surface area contributed by atoms with E-state index in [4.69, 9.17) is 14.6 Å². The van der Waals surface area contributed by atoms with E-state index in [1.165, 1.54) is 0 Å². The van der Waals surface area contributed by atoms with E-state index >= 15 is 0 Å². The van der Waals surface area contributed by atoms with Crippen LogP contribution in [0.25, 0.3) is 0 Å². The molecule has 8 heteroatoms. The van der Waals surface area contributed by atoms with E-state index in [0.717, 1.165) is 0 Å². The van der Waals surface area contributed by atoms with Gasteiger partial charge in [0, 0.05) is 0 Å². The summed E-state index contributed by atoms with van der Waals surface area (Å²) in [7, 11) is 0. The highest BCUT2D eigenvalue weighted by molar-refractivity contribution is 5.88. The molecule has 0 saturated carbocycles. The van der Waals surface area contributed by atoms with Gasteiger partial charge in [0.25, 0.3) is 0 Å². The molecule has 2 amide bonds. The number of hydrogen-bond acceptors (Lipinski definition) is 6. The van der Waals surface area contributed by atoms with Crippen molar-refractivity contribution in [1.82, 2.24) is 10.6 Å². The molecule has 1 unspecified atom stereocenters. The molecule has 0 aliphatic carbocycles. The maximum atomic E-state index is 12.2. The Hall–Kier alpha value is -1.67. The molecule has 0 saturated heterocycles. The Labute approximate surface area is 136 Å². The van der Waals surface area contributed by atoms with Crippen LogP contribution >= 0.6 is 0 Å². The Bertz CT molecular complexity index is 423. The second kappa shape index (κ2) is 8.83. The summed E-state index contributed by atoms with van der Waals surface area (Å²) < 4.78 is 10.8. The molecule has 0 aromatic rings. The fourth-order valence-corrected chi connectivity index (χ4v) is 1.35. The van der Waals surface area contributed by atoms with Crippen molar-refractivity contribution in [3.05, 3.63) is 0 Å². The molecule has 0 aromatic heterocycles. The van der Waals surface area contributed by atoms with Crippen LogP contribution in [0.5, 0.6) is 0 Å². The van der Waals surface area contributed by atoms with Gasteiger partial charge in [-0.1, -0.05) is 0 Å². The number of carbonyl (C=O) groups excluding carboxylic acids is 3. The molecule has 0 fully saturated rings. The highest BCUT2D eigenvalue weighted by Gasteiger charge is 2.28. The normalized spacial score (nSPS) is 13.2. The van der Waals surface area contributed by atoms with E-state index in [0.29, 0.717) is 0 Å². The third-order valence-electron chi connectivity index (χ3n) is 2.30. The number of aliphatic hydroxyl groups excluding tert-OH is 1. The van der Waals surface area contributed by atoms with Gasteiger partial charge in [0.05, 0.1) is 18.8 Å². The fraction of sp³-hybridized carbons (Fsp3) is 0.800. The molecule has 0 spiro atoms. The zero-order valence-electron chi connectivity index (χ0n) is 14.7. The van der Waals surface area contributed by atoms with Crippen LogP contribution in [0, 0.1) is 0 Å². The highest BCUT2D eigenvalue weighted by Crippen LogP contribution is 2.11. The lowest BCUT2D eigenvalue weighted by atomic mass is 10.1. The van der Waals surface area contributed by atoms with Gasteiger partial charge in [0.2, 0.25) is 11.8 Å². The van der Waals surface area contributed by atoms with Crippen LogP contribution in [0.3, 0.4) is 0 Å². The molecule has 23 heavy (non-hydrogen) atoms. The number of amides is 2. The van der Waals surface area contributed by atoms with Gasteiger partial charge in [-0.25, -0.2) is 4.79 Å². The average molecular weight is 332 g/mol. The van der Waals surface area contributed by atoms with E-state index in [1.807, 2.05) is 20.8 Å². The number of ether oxygens (including phenoxy) is 2. The van der Waals surface area contributed by atoms with Gasteiger partial charge < -0.3 is 25.2 Å². The number of hydrogen-bond donors (Lipinski definition) is 3. The summed E-state index contributed by atoms with van der Waals surface area (Å²) in [6.45, 7) is 9.50. The first-order valence-corrected chi connectivity index (χ1v) is 7.38. The Kier molecular flexibility index (Phi) is 8.19. The summed E-state index contributed by atoms with van der Waals surface area (Å²) in [4.78, 5) is 34.9. The summed E-state index contributed by atoms with van der Waals surface area (Å²) in [5, 5.41) is 13.2. The predicted octanol–water partition coefficient (Wildman–Crippen LogP) is -0.263. The van der Waals surface area contributed by atoms with Crippen LogP contribution < -0.4 is 10.6 Å². The summed E-state index contributed by atoms with van der Waals surface area (Å²) >= 11 is 0. The monoisotopic (exact) mass is 332 g/mol. The van der Waals surface area contributed by atoms with Crippen molar-refractivity contribution >= 4 is 17.8 Å². The Balaban J connectivity index is 4.74. The smallest absolute Gasteiger partial charge is 0.331 e. The zero-order chi connectivity index (χ0) is 18.3. The van der Waals surface area contributed by atoms with E-state index in [-0.39, 0.29) is 13.2 Å². The van der Waals surface area contributed by atoms with Gasteiger partial charge in [-0.15, -0.1) is 0 Å². The minimum atomic E-state index is -0.994. The van der Waals surface area contributed by atoms with Crippen LogP contribution in [0.2, 0.25) is 0 Å². The lowest BCUT2D eigenvalue weighted by molar-refractivity contribution is -0.161. The molecule has 8 nitrogen and oxygen atoms in total. The molecule has 0 aliphatic rings. The molecule has 0 radical (unpaired) electrons. The fourth-order valence-electron chi connectivity index (χ4n) is 1.35. The van der Waals surface area contributed by atoms with Gasteiger partial charge in [-0.3, -0.25) is 9.59 Å². The Morgan fingerprint density at radius 2 is 1.57 bits per heavy atom. The molecule has 3 N–H and O–H groups in total. The molecule has 0 aromatic carbocycles. The van der Waals surface area contributed by atoms with Crippen molar-refractivity contribution in [2.45, 2.75) is 58.8 Å². The zero-order valence-corrected chi connectivity index (χ0v) is 14.7. The average Bonchev–Trinajstić information content (AvgIpc) is 2.37. The minimum Gasteiger partial charge on any atom is -0.458 e. The Morgan fingerprint density at radius 3 is 2.00 bits per heavy atom. The molecular weight excluding hydrogens is 304 g/mol. The largest absolute Gasteiger partial charge is 0.458 e. The molecule has 0 rings (SSSR count). The van der Waals surface area contributed by atoms with E-state index in [1.54, 1.807) is 20.8 Å². The second-order valence-corrected chi connectivity index (χ2v) is 7.01. The SMILES string of the molecule is CC(C)(C)OCC(NC(=O)CNC(=O)CO)C(=O)OC(C)(C)C. The van der Waals surface area contributed by atoms with Crippen LogP contribution in [0.1, 0.15) is 41.5 Å². The van der Waals surface area contributed by atoms with Crippen molar-refractivity contribution in [3.8, 4) is 0 Å². The standard InChI is InChI=1S/C15H28N2O6/c1-14(2,3)22-9-10(13(21)23-15(4,5)6)17-11(19)7-16-12(20)8-18/h10,18H,7-9H2,1-6H3,(H,16,20)(H,17,19). The van der Waals surface area contributed by atoms with E-state index in [2.05, 4.69) is 10.6 Å². The summed E-state index contributed by atoms with van der Waals surface area (Å²) in [6.07, 6.45) is 0. The molecular formula is C15H28N2O6. The van der Waals surface area contributed by atoms with Gasteiger partial charge in [0.1, 0.15) is 12.2 Å². The molecule has 0 heterocycles. The first-order chi connectivity index (χ1) is 10.3. The van der Waals surface area contributed by atoms with Gasteiger partial charge >= 0.3 is 5.97 Å². The topological polar surface area (TPSA) is 114 Å². The van der Waals surface area contributed by atoms with E-state index < -0.39 is 41.6 Å². The third-order valence-corrected chi connectivity index (χ3v) is 2.30. The van der Waals surface area contributed by atoms with Gasteiger partial charge in [0.15, 0.2) is 6.04 Å². The first-order valence-electron chi connectivity index (χ1n) is 7.38. The lowest BCUT2D eigenvalue weighted by Gasteiger charge is -2.27. The van der Waals surface area contributed by atoms with Crippen LogP contribution in [0.4, 0.5) is 0 Å². The highest BCUT2D eigenvalue weighted by atomic mass is 16.6. The van der Waals surface area contributed by atoms with Crippen LogP contribution in [-0.4, -0.2) is 59.9 Å². The van der Waals surface area contributed by atoms with Crippen molar-refractivity contribution < 1.29 is 29.0 Å². The quantitative estimate of drug-likeness (QED) is 0.553. The van der Waals surface area contributed by atoms with E-state index in [9.17, 15) is 14.4 Å². The Morgan fingerprint density at radius 1 is 1.00 bits per heavy atom. The molecule has 134 valence electrons. The number of nitrogens with one attached hydrogen (secondary N) is 2. The number of esters is 1. The first kappa shape index (κ1) is 21.3. The number of rotatable bonds is 7. The maximum absolute atomic E-state index is 12.2. The minimum absolute atomic E-state index is 0.0574. The molecule has 1 atom stereocenters. The van der Waals surface area contributed by atoms with Crippen LogP contribution in [0.15, 0.2) is 0 Å². The van der Waals surface area contributed by atoms with Crippen molar-refractivity contribution in [2.24, 2.45) is 0 Å². The maximum Gasteiger partial charge on any atom is 0.331 e. The lowest BCUT2D eigenvalue weighted by Crippen LogP contribution is -2.50. The number of aliphatic hydroxyl groups is 1. The number of carbonyl (C=O) groups is 3. The predicted molar refractivity (Wildman–Crippen MR) is 83.6 cm³/mol. The van der Waals surface area contributed by atoms with Crippen LogP contribution in [-0.2, 0) is 23.9 Å². The summed E-state index contributed by atoms with van der Waals surface area (Å²) in [6, 6.07) is -0.994. The van der Waals surface area contributed by atoms with Crippen molar-refractivity contribution in [1.29, 1.82) is 0 Å². The molecule has 0 bridgehead atoms. The van der Waals surface area contributed by atoms with Gasteiger partial charge in [-0.2, -0.15) is 0 Å². The second-order valence-electron chi connectivity index (χ2n) is 7.01.